The highest BCUT2D eigenvalue weighted by Gasteiger charge is 2.16. The van der Waals surface area contributed by atoms with E-state index in [4.69, 9.17) is 0 Å². The SMILES string of the molecule is CN(CCN1CCCC1)Cc1ccccc1B(O)O. The molecule has 1 fully saturated rings. The van der Waals surface area contributed by atoms with Gasteiger partial charge in [0.15, 0.2) is 0 Å². The zero-order valence-corrected chi connectivity index (χ0v) is 11.6. The molecule has 1 aromatic rings. The van der Waals surface area contributed by atoms with Gasteiger partial charge in [0, 0.05) is 19.6 Å². The van der Waals surface area contributed by atoms with Crippen molar-refractivity contribution in [3.63, 3.8) is 0 Å². The molecule has 0 atom stereocenters. The van der Waals surface area contributed by atoms with E-state index in [1.54, 1.807) is 6.07 Å². The third kappa shape index (κ3) is 4.32. The minimum absolute atomic E-state index is 0.607. The standard InChI is InChI=1S/C14H23BN2O2/c1-16(10-11-17-8-4-5-9-17)12-13-6-2-3-7-14(13)15(18)19/h2-3,6-7,18-19H,4-5,8-12H2,1H3. The number of benzene rings is 1. The molecule has 0 aromatic heterocycles. The molecular formula is C14H23BN2O2. The molecule has 2 rings (SSSR count). The van der Waals surface area contributed by atoms with Crippen LogP contribution in [-0.2, 0) is 6.54 Å². The van der Waals surface area contributed by atoms with Crippen LogP contribution < -0.4 is 5.46 Å². The van der Waals surface area contributed by atoms with Crippen molar-refractivity contribution in [1.29, 1.82) is 0 Å². The largest absolute Gasteiger partial charge is 0.488 e. The van der Waals surface area contributed by atoms with E-state index in [2.05, 4.69) is 16.8 Å². The Morgan fingerprint density at radius 2 is 1.89 bits per heavy atom. The van der Waals surface area contributed by atoms with Crippen molar-refractivity contribution in [2.45, 2.75) is 19.4 Å². The zero-order chi connectivity index (χ0) is 13.7. The van der Waals surface area contributed by atoms with Crippen LogP contribution in [0.15, 0.2) is 24.3 Å². The highest BCUT2D eigenvalue weighted by molar-refractivity contribution is 6.59. The summed E-state index contributed by atoms with van der Waals surface area (Å²) >= 11 is 0. The lowest BCUT2D eigenvalue weighted by Gasteiger charge is -2.22. The van der Waals surface area contributed by atoms with E-state index in [-0.39, 0.29) is 0 Å². The van der Waals surface area contributed by atoms with E-state index in [9.17, 15) is 10.0 Å². The Morgan fingerprint density at radius 3 is 2.58 bits per heavy atom. The molecule has 19 heavy (non-hydrogen) atoms. The van der Waals surface area contributed by atoms with Gasteiger partial charge in [0.25, 0.3) is 0 Å². The smallest absolute Gasteiger partial charge is 0.423 e. The number of likely N-dealkylation sites (N-methyl/N-ethyl adjacent to an activating group) is 1. The number of hydrogen-bond donors (Lipinski definition) is 2. The molecule has 2 N–H and O–H groups in total. The van der Waals surface area contributed by atoms with Crippen LogP contribution in [0.2, 0.25) is 0 Å². The monoisotopic (exact) mass is 262 g/mol. The summed E-state index contributed by atoms with van der Waals surface area (Å²) in [6, 6.07) is 7.51. The van der Waals surface area contributed by atoms with E-state index in [1.165, 1.54) is 25.9 Å². The second-order valence-corrected chi connectivity index (χ2v) is 5.36. The van der Waals surface area contributed by atoms with Gasteiger partial charge in [-0.15, -0.1) is 0 Å². The quantitative estimate of drug-likeness (QED) is 0.702. The number of hydrogen-bond acceptors (Lipinski definition) is 4. The molecule has 1 saturated heterocycles. The maximum absolute atomic E-state index is 9.35. The number of nitrogens with zero attached hydrogens (tertiary/aromatic N) is 2. The van der Waals surface area contributed by atoms with Crippen LogP contribution in [-0.4, -0.2) is 60.2 Å². The lowest BCUT2D eigenvalue weighted by atomic mass is 9.77. The first kappa shape index (κ1) is 14.5. The van der Waals surface area contributed by atoms with Gasteiger partial charge in [-0.25, -0.2) is 0 Å². The molecule has 104 valence electrons. The minimum atomic E-state index is -1.39. The molecule has 0 saturated carbocycles. The molecule has 0 aliphatic carbocycles. The Labute approximate surface area is 115 Å². The van der Waals surface area contributed by atoms with Gasteiger partial charge < -0.3 is 19.8 Å². The van der Waals surface area contributed by atoms with Crippen molar-refractivity contribution in [3.8, 4) is 0 Å². The minimum Gasteiger partial charge on any atom is -0.423 e. The maximum Gasteiger partial charge on any atom is 0.488 e. The summed E-state index contributed by atoms with van der Waals surface area (Å²) in [6.45, 7) is 5.30. The molecular weight excluding hydrogens is 239 g/mol. The van der Waals surface area contributed by atoms with E-state index < -0.39 is 7.12 Å². The molecule has 0 spiro atoms. The summed E-state index contributed by atoms with van der Waals surface area (Å²) in [5, 5.41) is 18.7. The number of likely N-dealkylation sites (tertiary alicyclic amines) is 1. The predicted octanol–water partition coefficient (Wildman–Crippen LogP) is -0.106. The Bertz CT molecular complexity index is 395. The summed E-state index contributed by atoms with van der Waals surface area (Å²) in [5.74, 6) is 0. The number of rotatable bonds is 6. The Balaban J connectivity index is 1.85. The van der Waals surface area contributed by atoms with Crippen molar-refractivity contribution in [1.82, 2.24) is 9.80 Å². The third-order valence-corrected chi connectivity index (χ3v) is 3.77. The Kier molecular flexibility index (Phi) is 5.40. The van der Waals surface area contributed by atoms with Gasteiger partial charge in [-0.1, -0.05) is 24.3 Å². The van der Waals surface area contributed by atoms with Crippen LogP contribution in [0.4, 0.5) is 0 Å². The molecule has 0 unspecified atom stereocenters. The Morgan fingerprint density at radius 1 is 1.21 bits per heavy atom. The molecule has 5 heteroatoms. The van der Waals surface area contributed by atoms with Crippen molar-refractivity contribution in [2.75, 3.05) is 33.2 Å². The van der Waals surface area contributed by atoms with Crippen molar-refractivity contribution in [2.24, 2.45) is 0 Å². The van der Waals surface area contributed by atoms with Gasteiger partial charge in [0.2, 0.25) is 0 Å². The van der Waals surface area contributed by atoms with Crippen LogP contribution in [0.25, 0.3) is 0 Å². The lowest BCUT2D eigenvalue weighted by molar-refractivity contribution is 0.252. The highest BCUT2D eigenvalue weighted by Crippen LogP contribution is 2.07. The normalized spacial score (nSPS) is 16.2. The fourth-order valence-electron chi connectivity index (χ4n) is 2.62. The van der Waals surface area contributed by atoms with Gasteiger partial charge in [-0.2, -0.15) is 0 Å². The molecule has 1 aromatic carbocycles. The van der Waals surface area contributed by atoms with E-state index in [1.807, 2.05) is 18.2 Å². The maximum atomic E-state index is 9.35. The molecule has 1 aliphatic heterocycles. The molecule has 1 aliphatic rings. The first-order valence-electron chi connectivity index (χ1n) is 7.01. The lowest BCUT2D eigenvalue weighted by Crippen LogP contribution is -2.36. The van der Waals surface area contributed by atoms with E-state index in [0.717, 1.165) is 25.2 Å². The van der Waals surface area contributed by atoms with Crippen LogP contribution in [0.3, 0.4) is 0 Å². The molecule has 0 radical (unpaired) electrons. The first-order chi connectivity index (χ1) is 9.16. The van der Waals surface area contributed by atoms with Crippen molar-refractivity contribution in [3.05, 3.63) is 29.8 Å². The Hall–Kier alpha value is -0.875. The van der Waals surface area contributed by atoms with Gasteiger partial charge in [0.1, 0.15) is 0 Å². The highest BCUT2D eigenvalue weighted by atomic mass is 16.4. The molecule has 1 heterocycles. The summed E-state index contributed by atoms with van der Waals surface area (Å²) in [7, 11) is 0.694. The zero-order valence-electron chi connectivity index (χ0n) is 11.6. The van der Waals surface area contributed by atoms with Crippen molar-refractivity contribution < 1.29 is 10.0 Å². The van der Waals surface area contributed by atoms with E-state index >= 15 is 0 Å². The first-order valence-corrected chi connectivity index (χ1v) is 7.01. The van der Waals surface area contributed by atoms with Crippen molar-refractivity contribution >= 4 is 12.6 Å². The van der Waals surface area contributed by atoms with Crippen LogP contribution in [0, 0.1) is 0 Å². The van der Waals surface area contributed by atoms with Gasteiger partial charge >= 0.3 is 7.12 Å². The second-order valence-electron chi connectivity index (χ2n) is 5.36. The van der Waals surface area contributed by atoms with Gasteiger partial charge in [-0.05, 0) is 44.0 Å². The van der Waals surface area contributed by atoms with Crippen LogP contribution in [0.1, 0.15) is 18.4 Å². The van der Waals surface area contributed by atoms with Crippen LogP contribution in [0.5, 0.6) is 0 Å². The molecule has 0 amide bonds. The summed E-state index contributed by atoms with van der Waals surface area (Å²) in [4.78, 5) is 4.73. The molecule has 0 bridgehead atoms. The third-order valence-electron chi connectivity index (χ3n) is 3.77. The predicted molar refractivity (Wildman–Crippen MR) is 78.3 cm³/mol. The van der Waals surface area contributed by atoms with Crippen LogP contribution >= 0.6 is 0 Å². The summed E-state index contributed by atoms with van der Waals surface area (Å²) in [6.07, 6.45) is 2.65. The second kappa shape index (κ2) is 7.05. The topological polar surface area (TPSA) is 46.9 Å². The molecule has 4 nitrogen and oxygen atoms in total. The average molecular weight is 262 g/mol. The average Bonchev–Trinajstić information content (AvgIpc) is 2.90. The van der Waals surface area contributed by atoms with E-state index in [0.29, 0.717) is 5.46 Å². The summed E-state index contributed by atoms with van der Waals surface area (Å²) in [5.41, 5.74) is 1.59. The summed E-state index contributed by atoms with van der Waals surface area (Å²) < 4.78 is 0. The van der Waals surface area contributed by atoms with Gasteiger partial charge in [-0.3, -0.25) is 0 Å². The van der Waals surface area contributed by atoms with Gasteiger partial charge in [0.05, 0.1) is 0 Å². The fraction of sp³-hybridized carbons (Fsp3) is 0.571. The fourth-order valence-corrected chi connectivity index (χ4v) is 2.62.